The van der Waals surface area contributed by atoms with E-state index in [9.17, 15) is 18.4 Å². The smallest absolute Gasteiger partial charge is 0.332 e. The number of hydrogen-bond acceptors (Lipinski definition) is 3. The van der Waals surface area contributed by atoms with Crippen LogP contribution in [0.2, 0.25) is 0 Å². The van der Waals surface area contributed by atoms with E-state index in [0.29, 0.717) is 5.75 Å². The molecule has 0 unspecified atom stereocenters. The van der Waals surface area contributed by atoms with Crippen LogP contribution in [0.15, 0.2) is 54.6 Å². The van der Waals surface area contributed by atoms with E-state index in [1.807, 2.05) is 0 Å². The van der Waals surface area contributed by atoms with E-state index in [0.717, 1.165) is 0 Å². The minimum Gasteiger partial charge on any atom is -0.497 e. The molecule has 0 heterocycles. The van der Waals surface area contributed by atoms with Crippen LogP contribution in [0.25, 0.3) is 0 Å². The third kappa shape index (κ3) is 4.35. The Kier molecular flexibility index (Phi) is 5.05. The summed E-state index contributed by atoms with van der Waals surface area (Å²) in [7, 11) is 1.47. The molecule has 120 valence electrons. The Bertz CT molecular complexity index is 685. The number of methoxy groups -OCH3 is 1. The van der Waals surface area contributed by atoms with Crippen molar-refractivity contribution in [2.45, 2.75) is 12.3 Å². The molecule has 1 N–H and O–H groups in total. The second kappa shape index (κ2) is 7.00. The molecule has 6 heteroatoms. The lowest BCUT2D eigenvalue weighted by Gasteiger charge is -2.15. The summed E-state index contributed by atoms with van der Waals surface area (Å²) in [5.41, 5.74) is 0.340. The molecule has 0 saturated heterocycles. The maximum Gasteiger partial charge on any atom is 0.332 e. The van der Waals surface area contributed by atoms with Crippen molar-refractivity contribution in [1.82, 2.24) is 0 Å². The van der Waals surface area contributed by atoms with Crippen LogP contribution in [0.1, 0.15) is 16.8 Å². The van der Waals surface area contributed by atoms with Gasteiger partial charge in [-0.2, -0.15) is 8.78 Å². The zero-order valence-corrected chi connectivity index (χ0v) is 12.4. The van der Waals surface area contributed by atoms with Gasteiger partial charge in [0.05, 0.1) is 13.5 Å². The number of ether oxygens (including phenoxy) is 1. The fraction of sp³-hybridized carbons (Fsp3) is 0.176. The normalized spacial score (nSPS) is 10.9. The predicted octanol–water partition coefficient (Wildman–Crippen LogP) is 3.54. The molecule has 0 aliphatic heterocycles. The molecule has 0 spiro atoms. The molecule has 0 aliphatic rings. The largest absolute Gasteiger partial charge is 0.497 e. The van der Waals surface area contributed by atoms with Crippen molar-refractivity contribution in [3.63, 3.8) is 0 Å². The number of alkyl halides is 2. The highest BCUT2D eigenvalue weighted by molar-refractivity contribution is 6.03. The van der Waals surface area contributed by atoms with Gasteiger partial charge >= 0.3 is 5.92 Å². The lowest BCUT2D eigenvalue weighted by molar-refractivity contribution is -0.139. The molecule has 0 bridgehead atoms. The van der Waals surface area contributed by atoms with E-state index in [4.69, 9.17) is 4.74 Å². The van der Waals surface area contributed by atoms with Crippen LogP contribution in [0, 0.1) is 0 Å². The Balaban J connectivity index is 2.03. The minimum atomic E-state index is -3.80. The van der Waals surface area contributed by atoms with Gasteiger partial charge < -0.3 is 10.1 Å². The molecule has 4 nitrogen and oxygen atoms in total. The topological polar surface area (TPSA) is 55.4 Å². The second-order valence-corrected chi connectivity index (χ2v) is 4.85. The highest BCUT2D eigenvalue weighted by Crippen LogP contribution is 2.24. The van der Waals surface area contributed by atoms with Crippen molar-refractivity contribution in [2.75, 3.05) is 12.4 Å². The van der Waals surface area contributed by atoms with Crippen LogP contribution in [0.4, 0.5) is 14.5 Å². The lowest BCUT2D eigenvalue weighted by atomic mass is 10.0. The Morgan fingerprint density at radius 2 is 1.65 bits per heavy atom. The zero-order chi connectivity index (χ0) is 16.9. The summed E-state index contributed by atoms with van der Waals surface area (Å²) < 4.78 is 32.8. The van der Waals surface area contributed by atoms with Crippen LogP contribution < -0.4 is 10.1 Å². The number of Topliss-reactive ketones (excluding diaryl/α,β-unsaturated/α-hetero) is 1. The number of carbonyl (C=O) groups excluding carboxylic acids is 2. The Morgan fingerprint density at radius 3 is 2.22 bits per heavy atom. The minimum absolute atomic E-state index is 0.143. The monoisotopic (exact) mass is 319 g/mol. The number of halogens is 2. The van der Waals surface area contributed by atoms with Gasteiger partial charge in [-0.15, -0.1) is 0 Å². The van der Waals surface area contributed by atoms with E-state index in [1.54, 1.807) is 18.2 Å². The van der Waals surface area contributed by atoms with Crippen molar-refractivity contribution < 1.29 is 23.1 Å². The number of hydrogen-bond donors (Lipinski definition) is 1. The fourth-order valence-electron chi connectivity index (χ4n) is 1.90. The molecular weight excluding hydrogens is 304 g/mol. The van der Waals surface area contributed by atoms with Gasteiger partial charge in [-0.3, -0.25) is 9.59 Å². The van der Waals surface area contributed by atoms with Crippen molar-refractivity contribution in [2.24, 2.45) is 0 Å². The molecule has 0 fully saturated rings. The molecule has 0 radical (unpaired) electrons. The predicted molar refractivity (Wildman–Crippen MR) is 82.0 cm³/mol. The average molecular weight is 319 g/mol. The summed E-state index contributed by atoms with van der Waals surface area (Å²) in [6.45, 7) is 0. The third-order valence-electron chi connectivity index (χ3n) is 3.16. The van der Waals surface area contributed by atoms with E-state index < -0.39 is 24.0 Å². The number of carbonyl (C=O) groups is 2. The fourth-order valence-corrected chi connectivity index (χ4v) is 1.90. The summed E-state index contributed by atoms with van der Waals surface area (Å²) in [6, 6.07) is 13.6. The van der Waals surface area contributed by atoms with Crippen molar-refractivity contribution in [3.8, 4) is 5.75 Å². The first kappa shape index (κ1) is 16.6. The molecule has 0 atom stereocenters. The van der Waals surface area contributed by atoms with Crippen LogP contribution in [0.3, 0.4) is 0 Å². The molecular formula is C17H15F2NO3. The van der Waals surface area contributed by atoms with Crippen LogP contribution in [-0.2, 0) is 4.79 Å². The van der Waals surface area contributed by atoms with E-state index >= 15 is 0 Å². The van der Waals surface area contributed by atoms with Crippen molar-refractivity contribution in [3.05, 3.63) is 60.2 Å². The number of nitrogens with one attached hydrogen (secondary N) is 1. The number of benzene rings is 2. The lowest BCUT2D eigenvalue weighted by Crippen LogP contribution is -2.36. The molecule has 1 amide bonds. The van der Waals surface area contributed by atoms with Gasteiger partial charge in [-0.25, -0.2) is 0 Å². The van der Waals surface area contributed by atoms with Gasteiger partial charge in [0.25, 0.3) is 5.91 Å². The first-order valence-electron chi connectivity index (χ1n) is 6.84. The van der Waals surface area contributed by atoms with Gasteiger partial charge in [-0.1, -0.05) is 30.3 Å². The summed E-state index contributed by atoms with van der Waals surface area (Å²) in [5, 5.41) is 2.09. The number of amides is 1. The van der Waals surface area contributed by atoms with Gasteiger partial charge in [0.2, 0.25) is 0 Å². The summed E-state index contributed by atoms with van der Waals surface area (Å²) >= 11 is 0. The number of ketones is 1. The van der Waals surface area contributed by atoms with Gasteiger partial charge in [0.1, 0.15) is 5.75 Å². The summed E-state index contributed by atoms with van der Waals surface area (Å²) in [5.74, 6) is -5.58. The third-order valence-corrected chi connectivity index (χ3v) is 3.16. The summed E-state index contributed by atoms with van der Waals surface area (Å²) in [6.07, 6.45) is -1.18. The highest BCUT2D eigenvalue weighted by Gasteiger charge is 2.41. The van der Waals surface area contributed by atoms with E-state index in [-0.39, 0.29) is 11.3 Å². The molecule has 23 heavy (non-hydrogen) atoms. The molecule has 0 aliphatic carbocycles. The van der Waals surface area contributed by atoms with Gasteiger partial charge in [0.15, 0.2) is 5.78 Å². The second-order valence-electron chi connectivity index (χ2n) is 4.85. The van der Waals surface area contributed by atoms with E-state index in [1.165, 1.54) is 43.5 Å². The zero-order valence-electron chi connectivity index (χ0n) is 12.4. The van der Waals surface area contributed by atoms with Crippen molar-refractivity contribution >= 4 is 17.4 Å². The molecule has 2 aromatic rings. The Labute approximate surface area is 132 Å². The maximum atomic E-state index is 13.9. The highest BCUT2D eigenvalue weighted by atomic mass is 19.3. The molecule has 0 aromatic heterocycles. The quantitative estimate of drug-likeness (QED) is 0.829. The van der Waals surface area contributed by atoms with Gasteiger partial charge in [0, 0.05) is 11.3 Å². The SMILES string of the molecule is COc1ccc(NC(=O)C(F)(F)CC(=O)c2ccccc2)cc1. The van der Waals surface area contributed by atoms with Crippen molar-refractivity contribution in [1.29, 1.82) is 0 Å². The van der Waals surface area contributed by atoms with Crippen LogP contribution >= 0.6 is 0 Å². The molecule has 2 rings (SSSR count). The molecule has 2 aromatic carbocycles. The standard InChI is InChI=1S/C17H15F2NO3/c1-23-14-9-7-13(8-10-14)20-16(22)17(18,19)11-15(21)12-5-3-2-4-6-12/h2-10H,11H2,1H3,(H,20,22). The first-order valence-corrected chi connectivity index (χ1v) is 6.84. The van der Waals surface area contributed by atoms with Crippen LogP contribution in [0.5, 0.6) is 5.75 Å². The average Bonchev–Trinajstić information content (AvgIpc) is 2.56. The maximum absolute atomic E-state index is 13.9. The van der Waals surface area contributed by atoms with Crippen LogP contribution in [-0.4, -0.2) is 24.7 Å². The van der Waals surface area contributed by atoms with Gasteiger partial charge in [-0.05, 0) is 24.3 Å². The first-order chi connectivity index (χ1) is 10.9. The summed E-state index contributed by atoms with van der Waals surface area (Å²) in [4.78, 5) is 23.5. The molecule has 0 saturated carbocycles. The van der Waals surface area contributed by atoms with E-state index in [2.05, 4.69) is 5.32 Å². The Morgan fingerprint density at radius 1 is 1.04 bits per heavy atom. The number of rotatable bonds is 6. The Hall–Kier alpha value is -2.76. The number of anilines is 1.